The standard InChI is InChI=1S/C12H13F2N3/c1-8-9(7-16-17(8)2)6-15-12-5-10(13)3-4-11(12)14/h3-5,7,15H,6H2,1-2H3. The molecule has 1 heterocycles. The van der Waals surface area contributed by atoms with Gasteiger partial charge in [0.1, 0.15) is 11.6 Å². The first-order chi connectivity index (χ1) is 8.08. The lowest BCUT2D eigenvalue weighted by atomic mass is 10.2. The molecule has 5 heteroatoms. The van der Waals surface area contributed by atoms with Crippen LogP contribution in [0.2, 0.25) is 0 Å². The van der Waals surface area contributed by atoms with Crippen LogP contribution in [-0.2, 0) is 13.6 Å². The maximum Gasteiger partial charge on any atom is 0.146 e. The average molecular weight is 237 g/mol. The minimum absolute atomic E-state index is 0.160. The van der Waals surface area contributed by atoms with Crippen LogP contribution >= 0.6 is 0 Å². The van der Waals surface area contributed by atoms with Crippen molar-refractivity contribution in [1.29, 1.82) is 0 Å². The molecule has 2 rings (SSSR count). The molecule has 17 heavy (non-hydrogen) atoms. The van der Waals surface area contributed by atoms with E-state index in [4.69, 9.17) is 0 Å². The summed E-state index contributed by atoms with van der Waals surface area (Å²) in [7, 11) is 1.83. The second-order valence-electron chi connectivity index (χ2n) is 3.86. The highest BCUT2D eigenvalue weighted by atomic mass is 19.1. The second-order valence-corrected chi connectivity index (χ2v) is 3.86. The SMILES string of the molecule is Cc1c(CNc2cc(F)ccc2F)cnn1C. The number of nitrogens with one attached hydrogen (secondary N) is 1. The Labute approximate surface area is 98.1 Å². The zero-order valence-electron chi connectivity index (χ0n) is 9.67. The van der Waals surface area contributed by atoms with Gasteiger partial charge in [-0.05, 0) is 25.1 Å². The number of benzene rings is 1. The van der Waals surface area contributed by atoms with Crippen LogP contribution in [0.1, 0.15) is 11.3 Å². The summed E-state index contributed by atoms with van der Waals surface area (Å²) in [6.07, 6.45) is 1.71. The number of rotatable bonds is 3. The van der Waals surface area contributed by atoms with Crippen molar-refractivity contribution in [3.05, 3.63) is 47.3 Å². The minimum atomic E-state index is -0.465. The normalized spacial score (nSPS) is 10.6. The fraction of sp³-hybridized carbons (Fsp3) is 0.250. The molecule has 0 bridgehead atoms. The predicted octanol–water partition coefficient (Wildman–Crippen LogP) is 2.62. The maximum atomic E-state index is 13.3. The summed E-state index contributed by atoms with van der Waals surface area (Å²) in [4.78, 5) is 0. The number of aryl methyl sites for hydroxylation is 1. The van der Waals surface area contributed by atoms with E-state index in [1.807, 2.05) is 14.0 Å². The van der Waals surface area contributed by atoms with Crippen molar-refractivity contribution in [1.82, 2.24) is 9.78 Å². The van der Waals surface area contributed by atoms with E-state index in [0.717, 1.165) is 29.5 Å². The summed E-state index contributed by atoms with van der Waals surface area (Å²) < 4.78 is 28.0. The van der Waals surface area contributed by atoms with Crippen LogP contribution < -0.4 is 5.32 Å². The van der Waals surface area contributed by atoms with Crippen molar-refractivity contribution >= 4 is 5.69 Å². The van der Waals surface area contributed by atoms with Gasteiger partial charge >= 0.3 is 0 Å². The molecule has 0 aliphatic heterocycles. The largest absolute Gasteiger partial charge is 0.378 e. The molecule has 1 aromatic heterocycles. The molecule has 3 nitrogen and oxygen atoms in total. The fourth-order valence-electron chi connectivity index (χ4n) is 1.54. The van der Waals surface area contributed by atoms with Crippen molar-refractivity contribution in [2.24, 2.45) is 7.05 Å². The Hall–Kier alpha value is -1.91. The maximum absolute atomic E-state index is 13.3. The predicted molar refractivity (Wildman–Crippen MR) is 61.6 cm³/mol. The van der Waals surface area contributed by atoms with E-state index < -0.39 is 11.6 Å². The summed E-state index contributed by atoms with van der Waals surface area (Å²) in [5.74, 6) is -0.926. The summed E-state index contributed by atoms with van der Waals surface area (Å²) >= 11 is 0. The summed E-state index contributed by atoms with van der Waals surface area (Å²) in [6.45, 7) is 2.34. The van der Waals surface area contributed by atoms with Crippen molar-refractivity contribution in [3.8, 4) is 0 Å². The third-order valence-corrected chi connectivity index (χ3v) is 2.73. The summed E-state index contributed by atoms with van der Waals surface area (Å²) in [5, 5.41) is 6.93. The van der Waals surface area contributed by atoms with Gasteiger partial charge in [-0.1, -0.05) is 0 Å². The van der Waals surface area contributed by atoms with Crippen LogP contribution in [0.25, 0.3) is 0 Å². The zero-order valence-corrected chi connectivity index (χ0v) is 9.67. The van der Waals surface area contributed by atoms with E-state index in [0.29, 0.717) is 6.54 Å². The fourth-order valence-corrected chi connectivity index (χ4v) is 1.54. The highest BCUT2D eigenvalue weighted by molar-refractivity contribution is 5.45. The van der Waals surface area contributed by atoms with Gasteiger partial charge in [-0.3, -0.25) is 4.68 Å². The van der Waals surface area contributed by atoms with E-state index in [-0.39, 0.29) is 5.69 Å². The number of hydrogen-bond donors (Lipinski definition) is 1. The van der Waals surface area contributed by atoms with Gasteiger partial charge in [0, 0.05) is 24.8 Å². The number of halogens is 2. The van der Waals surface area contributed by atoms with Crippen LogP contribution in [0.5, 0.6) is 0 Å². The second kappa shape index (κ2) is 4.53. The Balaban J connectivity index is 2.12. The van der Waals surface area contributed by atoms with Crippen LogP contribution in [0.4, 0.5) is 14.5 Å². The van der Waals surface area contributed by atoms with Crippen molar-refractivity contribution in [2.75, 3.05) is 5.32 Å². The molecular weight excluding hydrogens is 224 g/mol. The van der Waals surface area contributed by atoms with Gasteiger partial charge in [0.05, 0.1) is 11.9 Å². The quantitative estimate of drug-likeness (QED) is 0.889. The molecule has 0 fully saturated rings. The molecule has 0 atom stereocenters. The Bertz CT molecular complexity index is 535. The van der Waals surface area contributed by atoms with Gasteiger partial charge in [0.25, 0.3) is 0 Å². The highest BCUT2D eigenvalue weighted by Gasteiger charge is 2.06. The van der Waals surface area contributed by atoms with E-state index >= 15 is 0 Å². The lowest BCUT2D eigenvalue weighted by molar-refractivity contribution is 0.602. The molecule has 90 valence electrons. The third kappa shape index (κ3) is 2.43. The van der Waals surface area contributed by atoms with Gasteiger partial charge in [0.15, 0.2) is 0 Å². The molecule has 0 spiro atoms. The van der Waals surface area contributed by atoms with Crippen molar-refractivity contribution in [3.63, 3.8) is 0 Å². The molecular formula is C12H13F2N3. The molecule has 1 aromatic carbocycles. The molecule has 0 saturated heterocycles. The lowest BCUT2D eigenvalue weighted by Crippen LogP contribution is -2.03. The van der Waals surface area contributed by atoms with E-state index in [1.165, 1.54) is 0 Å². The van der Waals surface area contributed by atoms with Crippen LogP contribution in [0, 0.1) is 18.6 Å². The van der Waals surface area contributed by atoms with Crippen LogP contribution in [-0.4, -0.2) is 9.78 Å². The Morgan fingerprint density at radius 1 is 1.35 bits per heavy atom. The molecule has 0 aliphatic carbocycles. The highest BCUT2D eigenvalue weighted by Crippen LogP contribution is 2.17. The summed E-state index contributed by atoms with van der Waals surface area (Å²) in [6, 6.07) is 3.34. The van der Waals surface area contributed by atoms with E-state index in [9.17, 15) is 8.78 Å². The number of anilines is 1. The van der Waals surface area contributed by atoms with Gasteiger partial charge in [-0.15, -0.1) is 0 Å². The smallest absolute Gasteiger partial charge is 0.146 e. The Morgan fingerprint density at radius 3 is 2.76 bits per heavy atom. The Morgan fingerprint density at radius 2 is 2.12 bits per heavy atom. The van der Waals surface area contributed by atoms with Crippen LogP contribution in [0.3, 0.4) is 0 Å². The number of nitrogens with zero attached hydrogens (tertiary/aromatic N) is 2. The van der Waals surface area contributed by atoms with Crippen molar-refractivity contribution in [2.45, 2.75) is 13.5 Å². The monoisotopic (exact) mass is 237 g/mol. The Kier molecular flexibility index (Phi) is 3.08. The van der Waals surface area contributed by atoms with E-state index in [1.54, 1.807) is 10.9 Å². The minimum Gasteiger partial charge on any atom is -0.378 e. The lowest BCUT2D eigenvalue weighted by Gasteiger charge is -2.07. The van der Waals surface area contributed by atoms with Gasteiger partial charge in [-0.2, -0.15) is 5.10 Å². The molecule has 0 unspecified atom stereocenters. The average Bonchev–Trinajstić information content (AvgIpc) is 2.62. The van der Waals surface area contributed by atoms with Gasteiger partial charge in [0.2, 0.25) is 0 Å². The molecule has 0 saturated carbocycles. The zero-order chi connectivity index (χ0) is 12.4. The van der Waals surface area contributed by atoms with Gasteiger partial charge < -0.3 is 5.32 Å². The first-order valence-corrected chi connectivity index (χ1v) is 5.24. The van der Waals surface area contributed by atoms with Crippen LogP contribution in [0.15, 0.2) is 24.4 Å². The molecule has 0 aliphatic rings. The van der Waals surface area contributed by atoms with Crippen molar-refractivity contribution < 1.29 is 8.78 Å². The topological polar surface area (TPSA) is 29.9 Å². The molecule has 2 aromatic rings. The summed E-state index contributed by atoms with van der Waals surface area (Å²) in [5.41, 5.74) is 2.11. The number of hydrogen-bond acceptors (Lipinski definition) is 2. The molecule has 0 radical (unpaired) electrons. The third-order valence-electron chi connectivity index (χ3n) is 2.73. The molecule has 1 N–H and O–H groups in total. The first kappa shape index (κ1) is 11.6. The van der Waals surface area contributed by atoms with E-state index in [2.05, 4.69) is 10.4 Å². The molecule has 0 amide bonds. The first-order valence-electron chi connectivity index (χ1n) is 5.24. The number of aromatic nitrogens is 2. The van der Waals surface area contributed by atoms with Gasteiger partial charge in [-0.25, -0.2) is 8.78 Å².